The molecule has 106 valence electrons. The minimum Gasteiger partial charge on any atom is -0.493 e. The fraction of sp³-hybridized carbons (Fsp3) is 0.250. The Morgan fingerprint density at radius 3 is 2.35 bits per heavy atom. The van der Waals surface area contributed by atoms with Crippen LogP contribution in [0.2, 0.25) is 0 Å². The Hall–Kier alpha value is -1.68. The average Bonchev–Trinajstić information content (AvgIpc) is 2.44. The number of ether oxygens (including phenoxy) is 2. The van der Waals surface area contributed by atoms with Gasteiger partial charge in [0.15, 0.2) is 11.5 Å². The van der Waals surface area contributed by atoms with Gasteiger partial charge >= 0.3 is 0 Å². The summed E-state index contributed by atoms with van der Waals surface area (Å²) in [7, 11) is 3.28. The molecule has 2 aromatic rings. The van der Waals surface area contributed by atoms with Crippen LogP contribution in [0, 0.1) is 13.8 Å². The Bertz CT molecular complexity index is 626. The average molecular weight is 336 g/mol. The standard InChI is InChI=1S/C16H18BrNO2/c1-10-9-14(11(2)8-12(10)17)18-13-6-5-7-15(19-3)16(13)20-4/h5-9,18H,1-4H3. The van der Waals surface area contributed by atoms with E-state index < -0.39 is 0 Å². The van der Waals surface area contributed by atoms with Crippen LogP contribution >= 0.6 is 15.9 Å². The fourth-order valence-electron chi connectivity index (χ4n) is 2.05. The monoisotopic (exact) mass is 335 g/mol. The fourth-order valence-corrected chi connectivity index (χ4v) is 2.50. The van der Waals surface area contributed by atoms with Crippen LogP contribution in [0.5, 0.6) is 11.5 Å². The first kappa shape index (κ1) is 14.7. The molecule has 0 saturated carbocycles. The van der Waals surface area contributed by atoms with Gasteiger partial charge in [0.1, 0.15) is 0 Å². The molecule has 0 unspecified atom stereocenters. The predicted octanol–water partition coefficient (Wildman–Crippen LogP) is 4.83. The van der Waals surface area contributed by atoms with Gasteiger partial charge in [-0.2, -0.15) is 0 Å². The Balaban J connectivity index is 2.42. The van der Waals surface area contributed by atoms with Gasteiger partial charge in [-0.05, 0) is 49.2 Å². The third kappa shape index (κ3) is 2.90. The lowest BCUT2D eigenvalue weighted by atomic mass is 10.1. The maximum atomic E-state index is 5.44. The van der Waals surface area contributed by atoms with Crippen molar-refractivity contribution in [3.63, 3.8) is 0 Å². The van der Waals surface area contributed by atoms with E-state index in [1.165, 1.54) is 5.56 Å². The molecule has 1 N–H and O–H groups in total. The van der Waals surface area contributed by atoms with Gasteiger partial charge in [0, 0.05) is 10.2 Å². The van der Waals surface area contributed by atoms with Crippen LogP contribution in [-0.4, -0.2) is 14.2 Å². The number of nitrogens with one attached hydrogen (secondary N) is 1. The molecule has 0 spiro atoms. The second-order valence-corrected chi connectivity index (χ2v) is 5.44. The summed E-state index contributed by atoms with van der Waals surface area (Å²) in [6.45, 7) is 4.14. The molecule has 0 amide bonds. The van der Waals surface area contributed by atoms with Crippen molar-refractivity contribution in [2.75, 3.05) is 19.5 Å². The highest BCUT2D eigenvalue weighted by atomic mass is 79.9. The highest BCUT2D eigenvalue weighted by Crippen LogP contribution is 2.37. The molecule has 0 saturated heterocycles. The van der Waals surface area contributed by atoms with E-state index in [1.54, 1.807) is 14.2 Å². The molecule has 0 fully saturated rings. The van der Waals surface area contributed by atoms with Crippen LogP contribution in [0.25, 0.3) is 0 Å². The number of halogens is 1. The largest absolute Gasteiger partial charge is 0.493 e. The number of anilines is 2. The summed E-state index contributed by atoms with van der Waals surface area (Å²) < 4.78 is 11.9. The maximum Gasteiger partial charge on any atom is 0.184 e. The number of hydrogen-bond acceptors (Lipinski definition) is 3. The molecule has 0 aliphatic rings. The molecule has 0 aromatic heterocycles. The minimum absolute atomic E-state index is 0.704. The van der Waals surface area contributed by atoms with E-state index in [9.17, 15) is 0 Å². The van der Waals surface area contributed by atoms with E-state index in [0.717, 1.165) is 21.4 Å². The number of para-hydroxylation sites is 1. The zero-order chi connectivity index (χ0) is 14.7. The lowest BCUT2D eigenvalue weighted by Gasteiger charge is -2.16. The van der Waals surface area contributed by atoms with Crippen LogP contribution in [0.1, 0.15) is 11.1 Å². The number of benzene rings is 2. The van der Waals surface area contributed by atoms with Crippen molar-refractivity contribution in [2.45, 2.75) is 13.8 Å². The number of aryl methyl sites for hydroxylation is 2. The van der Waals surface area contributed by atoms with Crippen molar-refractivity contribution in [3.8, 4) is 11.5 Å². The summed E-state index contributed by atoms with van der Waals surface area (Å²) in [5.74, 6) is 1.42. The van der Waals surface area contributed by atoms with Gasteiger partial charge in [-0.3, -0.25) is 0 Å². The topological polar surface area (TPSA) is 30.5 Å². The van der Waals surface area contributed by atoms with Gasteiger partial charge in [0.25, 0.3) is 0 Å². The summed E-state index contributed by atoms with van der Waals surface area (Å²) in [5, 5.41) is 3.41. The molecule has 2 rings (SSSR count). The van der Waals surface area contributed by atoms with E-state index in [4.69, 9.17) is 9.47 Å². The number of methoxy groups -OCH3 is 2. The summed E-state index contributed by atoms with van der Waals surface area (Å²) in [4.78, 5) is 0. The van der Waals surface area contributed by atoms with Crippen molar-refractivity contribution in [2.24, 2.45) is 0 Å². The Morgan fingerprint density at radius 1 is 0.950 bits per heavy atom. The summed E-state index contributed by atoms with van der Waals surface area (Å²) in [6, 6.07) is 10.00. The second-order valence-electron chi connectivity index (χ2n) is 4.58. The van der Waals surface area contributed by atoms with E-state index in [0.29, 0.717) is 11.5 Å². The first-order valence-electron chi connectivity index (χ1n) is 6.31. The van der Waals surface area contributed by atoms with Crippen molar-refractivity contribution in [1.29, 1.82) is 0 Å². The molecule has 0 radical (unpaired) electrons. The zero-order valence-electron chi connectivity index (χ0n) is 12.1. The molecule has 0 heterocycles. The third-order valence-corrected chi connectivity index (χ3v) is 4.03. The second kappa shape index (κ2) is 6.18. The normalized spacial score (nSPS) is 10.2. The van der Waals surface area contributed by atoms with Gasteiger partial charge in [0.2, 0.25) is 0 Å². The molecular formula is C16H18BrNO2. The van der Waals surface area contributed by atoms with Crippen molar-refractivity contribution in [3.05, 3.63) is 45.9 Å². The predicted molar refractivity (Wildman–Crippen MR) is 86.4 cm³/mol. The maximum absolute atomic E-state index is 5.44. The molecule has 0 bridgehead atoms. The van der Waals surface area contributed by atoms with E-state index in [1.807, 2.05) is 18.2 Å². The van der Waals surface area contributed by atoms with Gasteiger partial charge in [0.05, 0.1) is 19.9 Å². The first-order valence-corrected chi connectivity index (χ1v) is 7.11. The lowest BCUT2D eigenvalue weighted by Crippen LogP contribution is -1.99. The van der Waals surface area contributed by atoms with Crippen molar-refractivity contribution < 1.29 is 9.47 Å². The SMILES string of the molecule is COc1cccc(Nc2cc(C)c(Br)cc2C)c1OC. The lowest BCUT2D eigenvalue weighted by molar-refractivity contribution is 0.356. The number of hydrogen-bond donors (Lipinski definition) is 1. The van der Waals surface area contributed by atoms with Gasteiger partial charge in [-0.15, -0.1) is 0 Å². The summed E-state index contributed by atoms with van der Waals surface area (Å²) >= 11 is 3.54. The molecular weight excluding hydrogens is 318 g/mol. The van der Waals surface area contributed by atoms with Crippen molar-refractivity contribution >= 4 is 27.3 Å². The summed E-state index contributed by atoms with van der Waals surface area (Å²) in [6.07, 6.45) is 0. The highest BCUT2D eigenvalue weighted by molar-refractivity contribution is 9.10. The molecule has 0 aliphatic heterocycles. The van der Waals surface area contributed by atoms with Crippen LogP contribution in [0.15, 0.2) is 34.8 Å². The van der Waals surface area contributed by atoms with Gasteiger partial charge in [-0.25, -0.2) is 0 Å². The Labute approximate surface area is 128 Å². The first-order chi connectivity index (χ1) is 9.56. The van der Waals surface area contributed by atoms with Crippen LogP contribution in [0.3, 0.4) is 0 Å². The van der Waals surface area contributed by atoms with Crippen LogP contribution in [-0.2, 0) is 0 Å². The van der Waals surface area contributed by atoms with E-state index in [-0.39, 0.29) is 0 Å². The molecule has 4 heteroatoms. The molecule has 0 atom stereocenters. The quantitative estimate of drug-likeness (QED) is 0.868. The molecule has 0 aliphatic carbocycles. The third-order valence-electron chi connectivity index (χ3n) is 3.18. The number of rotatable bonds is 4. The molecule has 20 heavy (non-hydrogen) atoms. The van der Waals surface area contributed by atoms with Crippen LogP contribution < -0.4 is 14.8 Å². The Kier molecular flexibility index (Phi) is 4.55. The summed E-state index contributed by atoms with van der Waals surface area (Å²) in [5.41, 5.74) is 4.28. The smallest absolute Gasteiger partial charge is 0.184 e. The minimum atomic E-state index is 0.704. The van der Waals surface area contributed by atoms with Gasteiger partial charge in [-0.1, -0.05) is 22.0 Å². The van der Waals surface area contributed by atoms with Crippen LogP contribution in [0.4, 0.5) is 11.4 Å². The zero-order valence-corrected chi connectivity index (χ0v) is 13.7. The van der Waals surface area contributed by atoms with Gasteiger partial charge < -0.3 is 14.8 Å². The highest BCUT2D eigenvalue weighted by Gasteiger charge is 2.11. The van der Waals surface area contributed by atoms with Crippen molar-refractivity contribution in [1.82, 2.24) is 0 Å². The molecule has 3 nitrogen and oxygen atoms in total. The van der Waals surface area contributed by atoms with E-state index in [2.05, 4.69) is 47.2 Å². The van der Waals surface area contributed by atoms with E-state index >= 15 is 0 Å². The molecule has 2 aromatic carbocycles. The Morgan fingerprint density at radius 2 is 1.70 bits per heavy atom.